The Bertz CT molecular complexity index is 1010. The molecule has 32 heavy (non-hydrogen) atoms. The van der Waals surface area contributed by atoms with Crippen LogP contribution in [0.4, 0.5) is 5.69 Å². The van der Waals surface area contributed by atoms with E-state index in [-0.39, 0.29) is 24.8 Å². The van der Waals surface area contributed by atoms with Crippen LogP contribution in [-0.4, -0.2) is 51.0 Å². The van der Waals surface area contributed by atoms with Gasteiger partial charge in [-0.05, 0) is 36.6 Å². The van der Waals surface area contributed by atoms with Crippen LogP contribution in [0, 0.1) is 0 Å². The van der Waals surface area contributed by atoms with Gasteiger partial charge in [0.25, 0.3) is 0 Å². The van der Waals surface area contributed by atoms with Gasteiger partial charge < -0.3 is 10.2 Å². The SMILES string of the molecule is CC[C@H](C(=O)NC)N(Cc1ccccc1)C(=O)CCCN(c1cccc(Cl)c1)S(C)(=O)=O. The molecular weight excluding hydrogens is 450 g/mol. The molecule has 0 aliphatic carbocycles. The van der Waals surface area contributed by atoms with Gasteiger partial charge in [0, 0.05) is 31.6 Å². The highest BCUT2D eigenvalue weighted by Crippen LogP contribution is 2.22. The maximum absolute atomic E-state index is 13.1. The predicted molar refractivity (Wildman–Crippen MR) is 128 cm³/mol. The van der Waals surface area contributed by atoms with Gasteiger partial charge in [0.15, 0.2) is 0 Å². The van der Waals surface area contributed by atoms with Crippen molar-refractivity contribution in [1.29, 1.82) is 0 Å². The molecule has 1 N–H and O–H groups in total. The topological polar surface area (TPSA) is 86.8 Å². The average Bonchev–Trinajstić information content (AvgIpc) is 2.76. The van der Waals surface area contributed by atoms with Crippen molar-refractivity contribution < 1.29 is 18.0 Å². The molecule has 0 aromatic heterocycles. The van der Waals surface area contributed by atoms with E-state index in [9.17, 15) is 18.0 Å². The molecule has 174 valence electrons. The zero-order chi connectivity index (χ0) is 23.7. The van der Waals surface area contributed by atoms with Gasteiger partial charge >= 0.3 is 0 Å². The number of halogens is 1. The molecule has 2 rings (SSSR count). The standard InChI is InChI=1S/C23H30ClN3O4S/c1-4-21(23(29)25-2)26(17-18-10-6-5-7-11-18)22(28)14-9-15-27(32(3,30)31)20-13-8-12-19(24)16-20/h5-8,10-13,16,21H,4,9,14-15,17H2,1-3H3,(H,25,29)/t21-/m1/s1. The number of likely N-dealkylation sites (N-methyl/N-ethyl adjacent to an activating group) is 1. The van der Waals surface area contributed by atoms with Crippen molar-refractivity contribution in [2.45, 2.75) is 38.8 Å². The highest BCUT2D eigenvalue weighted by molar-refractivity contribution is 7.92. The third-order valence-corrected chi connectivity index (χ3v) is 6.51. The van der Waals surface area contributed by atoms with Crippen LogP contribution in [0.25, 0.3) is 0 Å². The Balaban J connectivity index is 2.16. The maximum Gasteiger partial charge on any atom is 0.242 e. The summed E-state index contributed by atoms with van der Waals surface area (Å²) >= 11 is 6.02. The molecule has 7 nitrogen and oxygen atoms in total. The lowest BCUT2D eigenvalue weighted by Gasteiger charge is -2.30. The molecule has 9 heteroatoms. The second-order valence-corrected chi connectivity index (χ2v) is 9.81. The summed E-state index contributed by atoms with van der Waals surface area (Å²) in [6.07, 6.45) is 1.99. The number of carbonyl (C=O) groups is 2. The maximum atomic E-state index is 13.1. The zero-order valence-corrected chi connectivity index (χ0v) is 20.2. The van der Waals surface area contributed by atoms with Gasteiger partial charge in [-0.25, -0.2) is 8.42 Å². The van der Waals surface area contributed by atoms with Gasteiger partial charge in [-0.3, -0.25) is 13.9 Å². The number of sulfonamides is 1. The molecule has 0 spiro atoms. The number of carbonyl (C=O) groups excluding carboxylic acids is 2. The van der Waals surface area contributed by atoms with E-state index in [1.165, 1.54) is 4.31 Å². The van der Waals surface area contributed by atoms with Gasteiger partial charge in [0.1, 0.15) is 6.04 Å². The molecule has 0 fully saturated rings. The first-order valence-electron chi connectivity index (χ1n) is 10.5. The smallest absolute Gasteiger partial charge is 0.242 e. The third kappa shape index (κ3) is 7.24. The van der Waals surface area contributed by atoms with Crippen LogP contribution >= 0.6 is 11.6 Å². The summed E-state index contributed by atoms with van der Waals surface area (Å²) in [7, 11) is -2.01. The van der Waals surface area contributed by atoms with Crippen molar-refractivity contribution in [2.75, 3.05) is 24.2 Å². The second kappa shape index (κ2) is 11.9. The Labute approximate surface area is 195 Å². The van der Waals surface area contributed by atoms with Crippen LogP contribution in [0.2, 0.25) is 5.02 Å². The Morgan fingerprint density at radius 3 is 2.34 bits per heavy atom. The highest BCUT2D eigenvalue weighted by Gasteiger charge is 2.28. The molecule has 0 bridgehead atoms. The summed E-state index contributed by atoms with van der Waals surface area (Å²) in [5.41, 5.74) is 1.37. The molecule has 2 amide bonds. The second-order valence-electron chi connectivity index (χ2n) is 7.46. The van der Waals surface area contributed by atoms with E-state index in [0.29, 0.717) is 30.1 Å². The largest absolute Gasteiger partial charge is 0.357 e. The number of anilines is 1. The first-order chi connectivity index (χ1) is 15.2. The molecule has 0 aliphatic heterocycles. The van der Waals surface area contributed by atoms with Crippen LogP contribution in [0.5, 0.6) is 0 Å². The Morgan fingerprint density at radius 1 is 1.09 bits per heavy atom. The van der Waals surface area contributed by atoms with E-state index in [1.807, 2.05) is 37.3 Å². The third-order valence-electron chi connectivity index (χ3n) is 5.08. The number of rotatable bonds is 11. The lowest BCUT2D eigenvalue weighted by atomic mass is 10.1. The van der Waals surface area contributed by atoms with Crippen molar-refractivity contribution in [1.82, 2.24) is 10.2 Å². The quantitative estimate of drug-likeness (QED) is 0.534. The molecule has 0 saturated heterocycles. The van der Waals surface area contributed by atoms with E-state index in [4.69, 9.17) is 11.6 Å². The molecule has 2 aromatic carbocycles. The molecule has 0 aliphatic rings. The van der Waals surface area contributed by atoms with Gasteiger partial charge in [-0.15, -0.1) is 0 Å². The van der Waals surface area contributed by atoms with E-state index < -0.39 is 16.1 Å². The fourth-order valence-electron chi connectivity index (χ4n) is 3.50. The molecule has 0 radical (unpaired) electrons. The molecule has 0 heterocycles. The van der Waals surface area contributed by atoms with Gasteiger partial charge in [0.05, 0.1) is 11.9 Å². The van der Waals surface area contributed by atoms with E-state index in [2.05, 4.69) is 5.32 Å². The van der Waals surface area contributed by atoms with Gasteiger partial charge in [0.2, 0.25) is 21.8 Å². The minimum atomic E-state index is -3.55. The fraction of sp³-hybridized carbons (Fsp3) is 0.391. The first kappa shape index (κ1) is 25.7. The van der Waals surface area contributed by atoms with E-state index >= 15 is 0 Å². The Hall–Kier alpha value is -2.58. The van der Waals surface area contributed by atoms with Crippen LogP contribution in [-0.2, 0) is 26.2 Å². The molecule has 0 saturated carbocycles. The van der Waals surface area contributed by atoms with Crippen LogP contribution < -0.4 is 9.62 Å². The first-order valence-corrected chi connectivity index (χ1v) is 12.7. The summed E-state index contributed by atoms with van der Waals surface area (Å²) in [6, 6.07) is 15.4. The highest BCUT2D eigenvalue weighted by atomic mass is 35.5. The average molecular weight is 480 g/mol. The molecule has 2 aromatic rings. The van der Waals surface area contributed by atoms with Crippen LogP contribution in [0.15, 0.2) is 54.6 Å². The number of benzene rings is 2. The summed E-state index contributed by atoms with van der Waals surface area (Å²) in [6.45, 7) is 2.28. The number of hydrogen-bond acceptors (Lipinski definition) is 4. The van der Waals surface area contributed by atoms with E-state index in [0.717, 1.165) is 11.8 Å². The van der Waals surface area contributed by atoms with Gasteiger partial charge in [-0.1, -0.05) is 54.9 Å². The molecule has 0 unspecified atom stereocenters. The van der Waals surface area contributed by atoms with Gasteiger partial charge in [-0.2, -0.15) is 0 Å². The van der Waals surface area contributed by atoms with Crippen molar-refractivity contribution in [3.8, 4) is 0 Å². The number of nitrogens with zero attached hydrogens (tertiary/aromatic N) is 2. The summed E-state index contributed by atoms with van der Waals surface area (Å²) in [5, 5.41) is 3.05. The number of nitrogens with one attached hydrogen (secondary N) is 1. The number of amides is 2. The Morgan fingerprint density at radius 2 is 1.78 bits per heavy atom. The van der Waals surface area contributed by atoms with Crippen LogP contribution in [0.1, 0.15) is 31.7 Å². The fourth-order valence-corrected chi connectivity index (χ4v) is 4.64. The predicted octanol–water partition coefficient (Wildman–Crippen LogP) is 3.44. The van der Waals surface area contributed by atoms with Crippen molar-refractivity contribution in [3.63, 3.8) is 0 Å². The normalized spacial score (nSPS) is 12.1. The molecular formula is C23H30ClN3O4S. The Kier molecular flexibility index (Phi) is 9.53. The molecule has 1 atom stereocenters. The summed E-state index contributed by atoms with van der Waals surface area (Å²) in [4.78, 5) is 27.1. The van der Waals surface area contributed by atoms with Crippen molar-refractivity contribution in [2.24, 2.45) is 0 Å². The van der Waals surface area contributed by atoms with Crippen molar-refractivity contribution in [3.05, 3.63) is 65.2 Å². The zero-order valence-electron chi connectivity index (χ0n) is 18.6. The minimum absolute atomic E-state index is 0.104. The summed E-state index contributed by atoms with van der Waals surface area (Å²) < 4.78 is 25.9. The lowest BCUT2D eigenvalue weighted by Crippen LogP contribution is -2.48. The monoisotopic (exact) mass is 479 g/mol. The van der Waals surface area contributed by atoms with E-state index in [1.54, 1.807) is 36.2 Å². The van der Waals surface area contributed by atoms with Crippen molar-refractivity contribution >= 4 is 39.1 Å². The number of hydrogen-bond donors (Lipinski definition) is 1. The summed E-state index contributed by atoms with van der Waals surface area (Å²) in [5.74, 6) is -0.433. The lowest BCUT2D eigenvalue weighted by molar-refractivity contribution is -0.141. The minimum Gasteiger partial charge on any atom is -0.357 e. The van der Waals surface area contributed by atoms with Crippen LogP contribution in [0.3, 0.4) is 0 Å².